The van der Waals surface area contributed by atoms with Crippen LogP contribution in [0.4, 0.5) is 0 Å². The predicted molar refractivity (Wildman–Crippen MR) is 52.8 cm³/mol. The molecule has 0 bridgehead atoms. The molecule has 5 nitrogen and oxygen atoms in total. The molecule has 1 rings (SSSR count). The van der Waals surface area contributed by atoms with Crippen LogP contribution in [-0.2, 0) is 18.4 Å². The van der Waals surface area contributed by atoms with Crippen LogP contribution in [0.3, 0.4) is 0 Å². The van der Waals surface area contributed by atoms with Gasteiger partial charge in [-0.3, -0.25) is 9.48 Å². The molecule has 78 valence electrons. The van der Waals surface area contributed by atoms with Crippen molar-refractivity contribution >= 4 is 17.5 Å². The average molecular weight is 217 g/mol. The highest BCUT2D eigenvalue weighted by molar-refractivity contribution is 6.17. The number of amides is 1. The molecule has 1 N–H and O–H groups in total. The Kier molecular flexibility index (Phi) is 4.39. The summed E-state index contributed by atoms with van der Waals surface area (Å²) in [5.74, 6) is 1.11. The maximum atomic E-state index is 11.1. The lowest BCUT2D eigenvalue weighted by Gasteiger charge is -2.00. The summed E-state index contributed by atoms with van der Waals surface area (Å²) in [6.07, 6.45) is 2.75. The summed E-state index contributed by atoms with van der Waals surface area (Å²) in [5, 5.41) is 6.74. The number of hydrogen-bond acceptors (Lipinski definition) is 3. The zero-order valence-corrected chi connectivity index (χ0v) is 8.79. The zero-order valence-electron chi connectivity index (χ0n) is 8.03. The highest BCUT2D eigenvalue weighted by atomic mass is 35.5. The minimum atomic E-state index is -0.0156. The minimum Gasteiger partial charge on any atom is -0.349 e. The Labute approximate surface area is 87.5 Å². The molecule has 0 saturated carbocycles. The van der Waals surface area contributed by atoms with Gasteiger partial charge in [0.15, 0.2) is 5.82 Å². The van der Waals surface area contributed by atoms with Crippen LogP contribution in [0.25, 0.3) is 0 Å². The molecule has 1 aromatic rings. The fourth-order valence-electron chi connectivity index (χ4n) is 0.958. The van der Waals surface area contributed by atoms with E-state index >= 15 is 0 Å². The molecule has 14 heavy (non-hydrogen) atoms. The van der Waals surface area contributed by atoms with Gasteiger partial charge in [0.2, 0.25) is 5.91 Å². The summed E-state index contributed by atoms with van der Waals surface area (Å²) < 4.78 is 1.60. The Hall–Kier alpha value is -1.10. The summed E-state index contributed by atoms with van der Waals surface area (Å²) in [4.78, 5) is 15.1. The van der Waals surface area contributed by atoms with E-state index in [9.17, 15) is 4.79 Å². The quantitative estimate of drug-likeness (QED) is 0.728. The fraction of sp³-hybridized carbons (Fsp3) is 0.625. The molecule has 1 aromatic heterocycles. The van der Waals surface area contributed by atoms with Gasteiger partial charge in [-0.1, -0.05) is 0 Å². The number of carbonyl (C=O) groups excluding carboxylic acids is 1. The fourth-order valence-corrected chi connectivity index (χ4v) is 1.09. The van der Waals surface area contributed by atoms with Crippen LogP contribution in [0.5, 0.6) is 0 Å². The van der Waals surface area contributed by atoms with E-state index in [0.717, 1.165) is 0 Å². The summed E-state index contributed by atoms with van der Waals surface area (Å²) in [6.45, 7) is 0.377. The number of alkyl halides is 1. The topological polar surface area (TPSA) is 59.8 Å². The number of carbonyl (C=O) groups is 1. The molecule has 0 aromatic carbocycles. The maximum absolute atomic E-state index is 11.1. The second-order valence-corrected chi connectivity index (χ2v) is 3.28. The summed E-state index contributed by atoms with van der Waals surface area (Å²) in [5.41, 5.74) is 0. The van der Waals surface area contributed by atoms with Gasteiger partial charge in [-0.25, -0.2) is 4.98 Å². The van der Waals surface area contributed by atoms with E-state index in [1.165, 1.54) is 0 Å². The smallest absolute Gasteiger partial charge is 0.220 e. The van der Waals surface area contributed by atoms with E-state index in [-0.39, 0.29) is 5.91 Å². The van der Waals surface area contributed by atoms with Gasteiger partial charge in [0.05, 0.1) is 6.54 Å². The van der Waals surface area contributed by atoms with Crippen molar-refractivity contribution in [2.45, 2.75) is 19.4 Å². The van der Waals surface area contributed by atoms with Crippen LogP contribution >= 0.6 is 11.6 Å². The van der Waals surface area contributed by atoms with Crippen molar-refractivity contribution in [2.75, 3.05) is 5.88 Å². The molecule has 0 saturated heterocycles. The number of rotatable bonds is 5. The van der Waals surface area contributed by atoms with Crippen molar-refractivity contribution in [3.63, 3.8) is 0 Å². The first-order chi connectivity index (χ1) is 6.72. The van der Waals surface area contributed by atoms with E-state index < -0.39 is 0 Å². The molecule has 0 aliphatic rings. The highest BCUT2D eigenvalue weighted by Gasteiger charge is 2.02. The van der Waals surface area contributed by atoms with Gasteiger partial charge in [-0.15, -0.1) is 11.6 Å². The van der Waals surface area contributed by atoms with Gasteiger partial charge in [-0.05, 0) is 6.42 Å². The van der Waals surface area contributed by atoms with Gasteiger partial charge < -0.3 is 5.32 Å². The average Bonchev–Trinajstić information content (AvgIpc) is 2.58. The van der Waals surface area contributed by atoms with Crippen molar-refractivity contribution in [1.82, 2.24) is 20.1 Å². The predicted octanol–water partition coefficient (Wildman–Crippen LogP) is 0.450. The number of nitrogens with one attached hydrogen (secondary N) is 1. The van der Waals surface area contributed by atoms with E-state index in [1.54, 1.807) is 18.1 Å². The molecule has 0 fully saturated rings. The maximum Gasteiger partial charge on any atom is 0.220 e. The minimum absolute atomic E-state index is 0.0156. The van der Waals surface area contributed by atoms with Gasteiger partial charge in [-0.2, -0.15) is 5.10 Å². The molecular weight excluding hydrogens is 204 g/mol. The Bertz CT molecular complexity index is 299. The van der Waals surface area contributed by atoms with Crippen LogP contribution in [0.15, 0.2) is 6.33 Å². The Morgan fingerprint density at radius 3 is 3.07 bits per heavy atom. The third-order valence-electron chi connectivity index (χ3n) is 1.63. The van der Waals surface area contributed by atoms with E-state index in [4.69, 9.17) is 11.6 Å². The van der Waals surface area contributed by atoms with Crippen molar-refractivity contribution < 1.29 is 4.79 Å². The molecule has 6 heteroatoms. The van der Waals surface area contributed by atoms with Crippen molar-refractivity contribution in [1.29, 1.82) is 0 Å². The number of nitrogens with zero attached hydrogens (tertiary/aromatic N) is 3. The summed E-state index contributed by atoms with van der Waals surface area (Å²) in [6, 6.07) is 0. The van der Waals surface area contributed by atoms with Crippen LogP contribution < -0.4 is 5.32 Å². The third-order valence-corrected chi connectivity index (χ3v) is 1.90. The number of halogens is 1. The number of aryl methyl sites for hydroxylation is 1. The Morgan fingerprint density at radius 1 is 1.71 bits per heavy atom. The second kappa shape index (κ2) is 5.59. The molecule has 0 aliphatic carbocycles. The Morgan fingerprint density at radius 2 is 2.50 bits per heavy atom. The lowest BCUT2D eigenvalue weighted by Crippen LogP contribution is -2.23. The first-order valence-corrected chi connectivity index (χ1v) is 4.93. The monoisotopic (exact) mass is 216 g/mol. The first kappa shape index (κ1) is 11.0. The summed E-state index contributed by atoms with van der Waals surface area (Å²) in [7, 11) is 1.78. The van der Waals surface area contributed by atoms with Gasteiger partial charge in [0.1, 0.15) is 6.33 Å². The molecule has 0 unspecified atom stereocenters. The number of hydrogen-bond donors (Lipinski definition) is 1. The zero-order chi connectivity index (χ0) is 10.4. The van der Waals surface area contributed by atoms with Crippen LogP contribution in [0.1, 0.15) is 18.7 Å². The van der Waals surface area contributed by atoms with E-state index in [1.807, 2.05) is 0 Å². The molecule has 1 heterocycles. The van der Waals surface area contributed by atoms with Crippen molar-refractivity contribution in [3.05, 3.63) is 12.2 Å². The lowest BCUT2D eigenvalue weighted by molar-refractivity contribution is -0.121. The van der Waals surface area contributed by atoms with Crippen molar-refractivity contribution in [3.8, 4) is 0 Å². The van der Waals surface area contributed by atoms with Gasteiger partial charge >= 0.3 is 0 Å². The number of aromatic nitrogens is 3. The molecule has 1 amide bonds. The molecule has 0 atom stereocenters. The van der Waals surface area contributed by atoms with E-state index in [2.05, 4.69) is 15.4 Å². The van der Waals surface area contributed by atoms with Crippen molar-refractivity contribution in [2.24, 2.45) is 7.05 Å². The highest BCUT2D eigenvalue weighted by Crippen LogP contribution is 1.93. The van der Waals surface area contributed by atoms with Gasteiger partial charge in [0.25, 0.3) is 0 Å². The third kappa shape index (κ3) is 3.74. The largest absolute Gasteiger partial charge is 0.349 e. The first-order valence-electron chi connectivity index (χ1n) is 4.39. The van der Waals surface area contributed by atoms with E-state index in [0.29, 0.717) is 31.1 Å². The normalized spacial score (nSPS) is 10.1. The van der Waals surface area contributed by atoms with Crippen LogP contribution in [0.2, 0.25) is 0 Å². The SMILES string of the molecule is Cn1cnc(CNC(=O)CCCCl)n1. The molecule has 0 spiro atoms. The Balaban J connectivity index is 2.23. The lowest BCUT2D eigenvalue weighted by atomic mass is 10.3. The van der Waals surface area contributed by atoms with Gasteiger partial charge in [0, 0.05) is 19.3 Å². The standard InChI is InChI=1S/C8H13ClN4O/c1-13-6-11-7(12-13)5-10-8(14)3-2-4-9/h6H,2-5H2,1H3,(H,10,14). The molecule has 0 aliphatic heterocycles. The summed E-state index contributed by atoms with van der Waals surface area (Å²) >= 11 is 5.46. The second-order valence-electron chi connectivity index (χ2n) is 2.90. The van der Waals surface area contributed by atoms with Crippen LogP contribution in [0, 0.1) is 0 Å². The van der Waals surface area contributed by atoms with Crippen LogP contribution in [-0.4, -0.2) is 26.6 Å². The molecule has 0 radical (unpaired) electrons. The molecular formula is C8H13ClN4O.